The number of nitrogens with zero attached hydrogens (tertiary/aromatic N) is 3. The average molecular weight is 462 g/mol. The summed E-state index contributed by atoms with van der Waals surface area (Å²) in [5.41, 5.74) is 2.12. The number of aliphatic hydroxyl groups is 1. The molecular formula is C27H31N3O4. The van der Waals surface area contributed by atoms with E-state index in [9.17, 15) is 10.4 Å². The normalized spacial score (nSPS) is 10.9. The molecule has 0 amide bonds. The van der Waals surface area contributed by atoms with Gasteiger partial charge in [0, 0.05) is 18.7 Å². The van der Waals surface area contributed by atoms with Gasteiger partial charge >= 0.3 is 0 Å². The van der Waals surface area contributed by atoms with Crippen LogP contribution in [-0.2, 0) is 18.5 Å². The van der Waals surface area contributed by atoms with Gasteiger partial charge in [-0.3, -0.25) is 0 Å². The zero-order chi connectivity index (χ0) is 24.6. The molecular weight excluding hydrogens is 430 g/mol. The molecule has 0 saturated heterocycles. The second-order valence-electron chi connectivity index (χ2n) is 8.40. The van der Waals surface area contributed by atoms with E-state index >= 15 is 0 Å². The Labute approximate surface area is 201 Å². The Morgan fingerprint density at radius 2 is 1.47 bits per heavy atom. The minimum Gasteiger partial charge on any atom is -0.497 e. The molecule has 1 heterocycles. The smallest absolute Gasteiger partial charge is 0.142 e. The summed E-state index contributed by atoms with van der Waals surface area (Å²) >= 11 is 0. The number of rotatable bonds is 11. The first kappa shape index (κ1) is 24.9. The summed E-state index contributed by atoms with van der Waals surface area (Å²) in [4.78, 5) is 6.81. The number of ether oxygens (including phenoxy) is 3. The van der Waals surface area contributed by atoms with Crippen molar-refractivity contribution in [3.63, 3.8) is 0 Å². The molecule has 178 valence electrons. The third-order valence-corrected chi connectivity index (χ3v) is 5.54. The molecule has 1 N–H and O–H groups in total. The fourth-order valence-electron chi connectivity index (χ4n) is 3.54. The highest BCUT2D eigenvalue weighted by molar-refractivity contribution is 5.52. The molecule has 0 aliphatic heterocycles. The number of nitriles is 1. The first-order valence-corrected chi connectivity index (χ1v) is 11.1. The number of hydrogen-bond acceptors (Lipinski definition) is 7. The maximum atomic E-state index is 9.78. The van der Waals surface area contributed by atoms with Crippen molar-refractivity contribution in [3.8, 4) is 23.3 Å². The maximum Gasteiger partial charge on any atom is 0.142 e. The third-order valence-electron chi connectivity index (χ3n) is 5.54. The minimum atomic E-state index is -0.797. The van der Waals surface area contributed by atoms with Crippen LogP contribution in [0.2, 0.25) is 0 Å². The van der Waals surface area contributed by atoms with Crippen LogP contribution in [0.3, 0.4) is 0 Å². The number of aromatic nitrogens is 1. The fraction of sp³-hybridized carbons (Fsp3) is 0.333. The van der Waals surface area contributed by atoms with E-state index < -0.39 is 5.41 Å². The van der Waals surface area contributed by atoms with Crippen LogP contribution in [0.25, 0.3) is 0 Å². The lowest BCUT2D eigenvalue weighted by Gasteiger charge is -2.27. The lowest BCUT2D eigenvalue weighted by Crippen LogP contribution is -2.25. The van der Waals surface area contributed by atoms with E-state index in [-0.39, 0.29) is 13.2 Å². The molecule has 0 aliphatic carbocycles. The Morgan fingerprint density at radius 3 is 1.91 bits per heavy atom. The fourth-order valence-corrected chi connectivity index (χ4v) is 3.54. The molecule has 7 nitrogen and oxygen atoms in total. The van der Waals surface area contributed by atoms with Gasteiger partial charge in [0.25, 0.3) is 0 Å². The Balaban J connectivity index is 2.00. The molecule has 0 unspecified atom stereocenters. The van der Waals surface area contributed by atoms with E-state index in [1.165, 1.54) is 0 Å². The Kier molecular flexibility index (Phi) is 8.34. The minimum absolute atomic E-state index is 0.116. The summed E-state index contributed by atoms with van der Waals surface area (Å²) in [6.45, 7) is 4.91. The topological polar surface area (TPSA) is 87.8 Å². The van der Waals surface area contributed by atoms with Crippen molar-refractivity contribution >= 4 is 5.82 Å². The van der Waals surface area contributed by atoms with Crippen molar-refractivity contribution in [3.05, 3.63) is 77.5 Å². The van der Waals surface area contributed by atoms with Crippen LogP contribution in [-0.4, -0.2) is 37.5 Å². The van der Waals surface area contributed by atoms with E-state index in [0.29, 0.717) is 18.8 Å². The summed E-state index contributed by atoms with van der Waals surface area (Å²) in [7, 11) is 3.29. The van der Waals surface area contributed by atoms with Crippen molar-refractivity contribution in [2.24, 2.45) is 0 Å². The predicted octanol–water partition coefficient (Wildman–Crippen LogP) is 4.48. The Hall–Kier alpha value is -3.76. The molecule has 0 spiro atoms. The van der Waals surface area contributed by atoms with E-state index in [1.807, 2.05) is 68.4 Å². The van der Waals surface area contributed by atoms with E-state index in [2.05, 4.69) is 16.0 Å². The number of benzene rings is 2. The van der Waals surface area contributed by atoms with Crippen LogP contribution in [0.1, 0.15) is 30.5 Å². The summed E-state index contributed by atoms with van der Waals surface area (Å²) in [5, 5.41) is 19.0. The number of methoxy groups -OCH3 is 2. The van der Waals surface area contributed by atoms with Gasteiger partial charge < -0.3 is 24.2 Å². The number of aliphatic hydroxyl groups excluding tert-OH is 1. The number of anilines is 1. The predicted molar refractivity (Wildman–Crippen MR) is 131 cm³/mol. The highest BCUT2D eigenvalue weighted by Gasteiger charge is 2.26. The molecule has 0 radical (unpaired) electrons. The van der Waals surface area contributed by atoms with Gasteiger partial charge in [0.05, 0.1) is 38.5 Å². The van der Waals surface area contributed by atoms with Gasteiger partial charge in [-0.1, -0.05) is 24.3 Å². The molecule has 34 heavy (non-hydrogen) atoms. The van der Waals surface area contributed by atoms with Gasteiger partial charge in [-0.05, 0) is 55.3 Å². The van der Waals surface area contributed by atoms with Crippen molar-refractivity contribution in [2.45, 2.75) is 32.4 Å². The molecule has 3 aromatic rings. The van der Waals surface area contributed by atoms with E-state index in [0.717, 1.165) is 34.0 Å². The van der Waals surface area contributed by atoms with Crippen LogP contribution >= 0.6 is 0 Å². The van der Waals surface area contributed by atoms with Crippen LogP contribution in [0.4, 0.5) is 5.82 Å². The second-order valence-corrected chi connectivity index (χ2v) is 8.40. The number of pyridine rings is 1. The monoisotopic (exact) mass is 461 g/mol. The van der Waals surface area contributed by atoms with Gasteiger partial charge in [-0.15, -0.1) is 0 Å². The van der Waals surface area contributed by atoms with Gasteiger partial charge in [0.1, 0.15) is 29.7 Å². The van der Waals surface area contributed by atoms with Crippen LogP contribution in [0.5, 0.6) is 17.2 Å². The lowest BCUT2D eigenvalue weighted by molar-refractivity contribution is 0.199. The summed E-state index contributed by atoms with van der Waals surface area (Å²) in [6, 6.07) is 20.1. The lowest BCUT2D eigenvalue weighted by atomic mass is 9.86. The largest absolute Gasteiger partial charge is 0.497 e. The molecule has 0 bridgehead atoms. The van der Waals surface area contributed by atoms with E-state index in [1.54, 1.807) is 20.4 Å². The quantitative estimate of drug-likeness (QED) is 0.450. The van der Waals surface area contributed by atoms with Crippen molar-refractivity contribution in [1.29, 1.82) is 5.26 Å². The molecule has 0 fully saturated rings. The second kappa shape index (κ2) is 11.4. The maximum absolute atomic E-state index is 9.78. The third kappa shape index (κ3) is 6.18. The van der Waals surface area contributed by atoms with E-state index in [4.69, 9.17) is 14.2 Å². The summed E-state index contributed by atoms with van der Waals surface area (Å²) in [5.74, 6) is 2.82. The van der Waals surface area contributed by atoms with Crippen molar-refractivity contribution in [1.82, 2.24) is 4.98 Å². The molecule has 0 aliphatic rings. The molecule has 0 saturated carbocycles. The first-order valence-electron chi connectivity index (χ1n) is 11.1. The molecule has 7 heteroatoms. The summed E-state index contributed by atoms with van der Waals surface area (Å²) in [6.07, 6.45) is 1.63. The Bertz CT molecular complexity index is 1060. The standard InChI is InChI=1S/C27H31N3O4/c1-27(2,19-28)24-15-26(29-16-25(24)34-14-13-31)30(17-20-5-9-22(32-3)10-6-20)18-21-7-11-23(33-4)12-8-21/h5-12,15-16,31H,13-14,17-18H2,1-4H3. The van der Waals surface area contributed by atoms with Gasteiger partial charge in [-0.25, -0.2) is 4.98 Å². The van der Waals surface area contributed by atoms with Crippen LogP contribution in [0.15, 0.2) is 60.8 Å². The SMILES string of the molecule is COc1ccc(CN(Cc2ccc(OC)cc2)c2cc(C(C)(C)C#N)c(OCCO)cn2)cc1. The van der Waals surface area contributed by atoms with Crippen LogP contribution < -0.4 is 19.1 Å². The van der Waals surface area contributed by atoms with Gasteiger partial charge in [0.2, 0.25) is 0 Å². The summed E-state index contributed by atoms with van der Waals surface area (Å²) < 4.78 is 16.3. The highest BCUT2D eigenvalue weighted by Crippen LogP contribution is 2.34. The Morgan fingerprint density at radius 1 is 0.941 bits per heavy atom. The first-order chi connectivity index (χ1) is 16.4. The molecule has 2 aromatic carbocycles. The number of hydrogen-bond donors (Lipinski definition) is 1. The van der Waals surface area contributed by atoms with Crippen molar-refractivity contribution < 1.29 is 19.3 Å². The van der Waals surface area contributed by atoms with Gasteiger partial charge in [0.15, 0.2) is 0 Å². The van der Waals surface area contributed by atoms with Crippen LogP contribution in [0, 0.1) is 11.3 Å². The zero-order valence-corrected chi connectivity index (χ0v) is 20.1. The highest BCUT2D eigenvalue weighted by atomic mass is 16.5. The van der Waals surface area contributed by atoms with Crippen molar-refractivity contribution in [2.75, 3.05) is 32.3 Å². The molecule has 0 atom stereocenters. The zero-order valence-electron chi connectivity index (χ0n) is 20.1. The molecule has 3 rings (SSSR count). The van der Waals surface area contributed by atoms with Gasteiger partial charge in [-0.2, -0.15) is 5.26 Å². The average Bonchev–Trinajstić information content (AvgIpc) is 2.87. The molecule has 1 aromatic heterocycles.